The molecule has 0 saturated heterocycles. The fourth-order valence-corrected chi connectivity index (χ4v) is 3.00. The minimum Gasteiger partial charge on any atom is -0.381 e. The van der Waals surface area contributed by atoms with Crippen molar-refractivity contribution >= 4 is 23.3 Å². The van der Waals surface area contributed by atoms with Crippen molar-refractivity contribution in [2.24, 2.45) is 0 Å². The Morgan fingerprint density at radius 3 is 2.22 bits per heavy atom. The quantitative estimate of drug-likeness (QED) is 0.417. The van der Waals surface area contributed by atoms with Gasteiger partial charge in [0.1, 0.15) is 0 Å². The minimum atomic E-state index is -5.27. The summed E-state index contributed by atoms with van der Waals surface area (Å²) in [5, 5.41) is 17.9. The Morgan fingerprint density at radius 2 is 1.66 bits per heavy atom. The fraction of sp³-hybridized carbons (Fsp3) is 0.350. The lowest BCUT2D eigenvalue weighted by Crippen LogP contribution is -2.48. The fourth-order valence-electron chi connectivity index (χ4n) is 2.75. The van der Waals surface area contributed by atoms with Crippen LogP contribution in [-0.4, -0.2) is 30.4 Å². The molecule has 0 fully saturated rings. The number of nitrogens with one attached hydrogen (secondary N) is 3. The van der Waals surface area contributed by atoms with E-state index in [1.807, 2.05) is 0 Å². The van der Waals surface area contributed by atoms with E-state index >= 15 is 0 Å². The van der Waals surface area contributed by atoms with Gasteiger partial charge in [-0.3, -0.25) is 0 Å². The molecule has 12 heteroatoms. The average molecular weight is 484 g/mol. The number of amides is 2. The molecule has 2 amide bonds. The van der Waals surface area contributed by atoms with Gasteiger partial charge < -0.3 is 21.1 Å². The highest BCUT2D eigenvalue weighted by Crippen LogP contribution is 2.41. The zero-order valence-electron chi connectivity index (χ0n) is 16.7. The molecule has 32 heavy (non-hydrogen) atoms. The molecule has 0 radical (unpaired) electrons. The molecular weight excluding hydrogens is 464 g/mol. The van der Waals surface area contributed by atoms with Crippen molar-refractivity contribution < 1.29 is 36.2 Å². The molecule has 2 aromatic carbocycles. The molecular formula is C20H20ClF6N3O2. The van der Waals surface area contributed by atoms with Crippen LogP contribution in [0.4, 0.5) is 36.8 Å². The number of carbonyl (C=O) groups excluding carboxylic acids is 1. The Labute approximate surface area is 184 Å². The lowest BCUT2D eigenvalue weighted by Gasteiger charge is -2.32. The van der Waals surface area contributed by atoms with Crippen LogP contribution in [0.1, 0.15) is 23.6 Å². The van der Waals surface area contributed by atoms with Crippen molar-refractivity contribution in [2.45, 2.75) is 31.4 Å². The second-order valence-electron chi connectivity index (χ2n) is 6.81. The Bertz CT molecular complexity index is 952. The van der Waals surface area contributed by atoms with Gasteiger partial charge in [0.05, 0.1) is 12.1 Å². The van der Waals surface area contributed by atoms with Crippen LogP contribution in [0.2, 0.25) is 5.02 Å². The molecule has 0 saturated carbocycles. The summed E-state index contributed by atoms with van der Waals surface area (Å²) in [7, 11) is 0. The van der Waals surface area contributed by atoms with E-state index < -0.39 is 41.7 Å². The predicted octanol–water partition coefficient (Wildman–Crippen LogP) is 5.04. The van der Waals surface area contributed by atoms with Crippen molar-refractivity contribution in [1.29, 1.82) is 0 Å². The smallest absolute Gasteiger partial charge is 0.381 e. The monoisotopic (exact) mass is 483 g/mol. The molecule has 0 aliphatic carbocycles. The third kappa shape index (κ3) is 6.19. The summed E-state index contributed by atoms with van der Waals surface area (Å²) in [4.78, 5) is 11.4. The van der Waals surface area contributed by atoms with E-state index in [0.29, 0.717) is 18.2 Å². The normalized spacial score (nSPS) is 13.9. The van der Waals surface area contributed by atoms with Gasteiger partial charge in [0, 0.05) is 23.8 Å². The van der Waals surface area contributed by atoms with Gasteiger partial charge in [-0.2, -0.15) is 26.3 Å². The van der Waals surface area contributed by atoms with Crippen LogP contribution in [-0.2, 0) is 18.3 Å². The topological polar surface area (TPSA) is 73.4 Å². The van der Waals surface area contributed by atoms with Crippen LogP contribution >= 0.6 is 11.6 Å². The summed E-state index contributed by atoms with van der Waals surface area (Å²) in [5.41, 5.74) is -5.30. The number of hydrogen-bond donors (Lipinski definition) is 4. The van der Waals surface area contributed by atoms with E-state index in [1.165, 1.54) is 18.2 Å². The standard InChI is InChI=1S/C20H20ClF6N3O2/c1-2-28-17(31)29-10-12-6-7-15(9-16(12)21)30-11-18(32,20(25,26)27)13-4-3-5-14(8-13)19(22,23)24/h3-9,30,32H,2,10-11H2,1H3,(H2,28,29,31)/t18-/m1/s1. The number of urea groups is 1. The van der Waals surface area contributed by atoms with Gasteiger partial charge in [-0.1, -0.05) is 29.8 Å². The van der Waals surface area contributed by atoms with Crippen LogP contribution in [0.15, 0.2) is 42.5 Å². The third-order valence-electron chi connectivity index (χ3n) is 4.51. The van der Waals surface area contributed by atoms with E-state index in [1.54, 1.807) is 6.92 Å². The van der Waals surface area contributed by atoms with E-state index in [9.17, 15) is 36.2 Å². The van der Waals surface area contributed by atoms with Gasteiger partial charge in [-0.05, 0) is 42.3 Å². The molecule has 0 heterocycles. The second kappa shape index (κ2) is 9.86. The summed E-state index contributed by atoms with van der Waals surface area (Å²) < 4.78 is 79.7. The lowest BCUT2D eigenvalue weighted by atomic mass is 9.91. The Morgan fingerprint density at radius 1 is 1.00 bits per heavy atom. The number of rotatable bonds is 7. The first-order chi connectivity index (χ1) is 14.8. The highest BCUT2D eigenvalue weighted by Gasteiger charge is 2.55. The molecule has 2 aromatic rings. The maximum Gasteiger partial charge on any atom is 0.423 e. The van der Waals surface area contributed by atoms with E-state index in [0.717, 1.165) is 12.1 Å². The van der Waals surface area contributed by atoms with Crippen LogP contribution < -0.4 is 16.0 Å². The van der Waals surface area contributed by atoms with Crippen LogP contribution in [0, 0.1) is 0 Å². The molecule has 0 bridgehead atoms. The van der Waals surface area contributed by atoms with Crippen molar-refractivity contribution in [3.05, 3.63) is 64.2 Å². The summed E-state index contributed by atoms with van der Waals surface area (Å²) in [6, 6.07) is 6.10. The van der Waals surface area contributed by atoms with Gasteiger partial charge in [0.2, 0.25) is 5.60 Å². The van der Waals surface area contributed by atoms with Gasteiger partial charge in [-0.15, -0.1) is 0 Å². The molecule has 2 rings (SSSR count). The van der Waals surface area contributed by atoms with E-state index in [2.05, 4.69) is 16.0 Å². The largest absolute Gasteiger partial charge is 0.423 e. The first kappa shape index (κ1) is 25.6. The molecule has 176 valence electrons. The average Bonchev–Trinajstić information content (AvgIpc) is 2.70. The van der Waals surface area contributed by atoms with Crippen molar-refractivity contribution in [2.75, 3.05) is 18.4 Å². The number of alkyl halides is 6. The number of benzene rings is 2. The third-order valence-corrected chi connectivity index (χ3v) is 4.87. The SMILES string of the molecule is CCNC(=O)NCc1ccc(NC[C@@](O)(c2cccc(C(F)(F)F)c2)C(F)(F)F)cc1Cl. The Hall–Kier alpha value is -2.66. The first-order valence-corrected chi connectivity index (χ1v) is 9.66. The number of halogens is 7. The lowest BCUT2D eigenvalue weighted by molar-refractivity contribution is -0.260. The molecule has 0 aromatic heterocycles. The van der Waals surface area contributed by atoms with Crippen LogP contribution in [0.5, 0.6) is 0 Å². The number of carbonyl (C=O) groups is 1. The van der Waals surface area contributed by atoms with E-state index in [-0.39, 0.29) is 23.3 Å². The molecule has 4 N–H and O–H groups in total. The highest BCUT2D eigenvalue weighted by atomic mass is 35.5. The highest BCUT2D eigenvalue weighted by molar-refractivity contribution is 6.31. The maximum atomic E-state index is 13.7. The predicted molar refractivity (Wildman–Crippen MR) is 107 cm³/mol. The van der Waals surface area contributed by atoms with Crippen molar-refractivity contribution in [3.8, 4) is 0 Å². The maximum absolute atomic E-state index is 13.7. The number of hydrogen-bond acceptors (Lipinski definition) is 3. The first-order valence-electron chi connectivity index (χ1n) is 9.28. The van der Waals surface area contributed by atoms with Crippen molar-refractivity contribution in [1.82, 2.24) is 10.6 Å². The molecule has 0 spiro atoms. The summed E-state index contributed by atoms with van der Waals surface area (Å²) in [5.74, 6) is 0. The van der Waals surface area contributed by atoms with Crippen molar-refractivity contribution in [3.63, 3.8) is 0 Å². The van der Waals surface area contributed by atoms with Gasteiger partial charge >= 0.3 is 18.4 Å². The molecule has 0 aliphatic heterocycles. The number of anilines is 1. The van der Waals surface area contributed by atoms with Gasteiger partial charge in [0.15, 0.2) is 0 Å². The number of aliphatic hydroxyl groups is 1. The molecule has 5 nitrogen and oxygen atoms in total. The minimum absolute atomic E-state index is 0.0572. The van der Waals surface area contributed by atoms with Crippen LogP contribution in [0.25, 0.3) is 0 Å². The Kier molecular flexibility index (Phi) is 7.89. The summed E-state index contributed by atoms with van der Waals surface area (Å²) in [6.45, 7) is 1.04. The molecule has 0 aliphatic rings. The van der Waals surface area contributed by atoms with E-state index in [4.69, 9.17) is 11.6 Å². The zero-order valence-corrected chi connectivity index (χ0v) is 17.4. The van der Waals surface area contributed by atoms with Gasteiger partial charge in [-0.25, -0.2) is 4.79 Å². The molecule has 1 atom stereocenters. The summed E-state index contributed by atoms with van der Waals surface area (Å²) >= 11 is 6.10. The summed E-state index contributed by atoms with van der Waals surface area (Å²) in [6.07, 6.45) is -10.1. The zero-order chi connectivity index (χ0) is 24.2. The van der Waals surface area contributed by atoms with Gasteiger partial charge in [0.25, 0.3) is 0 Å². The molecule has 0 unspecified atom stereocenters. The van der Waals surface area contributed by atoms with Crippen LogP contribution in [0.3, 0.4) is 0 Å². The second-order valence-corrected chi connectivity index (χ2v) is 7.22. The Balaban J connectivity index is 2.21.